The minimum atomic E-state index is -1.19. The summed E-state index contributed by atoms with van der Waals surface area (Å²) >= 11 is 0. The van der Waals surface area contributed by atoms with E-state index < -0.39 is 35.8 Å². The Hall–Kier alpha value is -6.30. The maximum absolute atomic E-state index is 13.6. The standard InChI is InChI=1S/C40H38O12/c1-3-5-15-25-47-39(45)49-33-23-13-11-21-31(33)35(41)27-17-7-9-19-29(27)37(43)51-52-38(44)30-20-10-8-18-28(30)36(42)32-22-12-14-24-34(32)50-40(46)48-26-16-6-4-2/h7-14,17-24H,3-6,15-16,25-26H2,1-2H3. The number of unbranched alkanes of at least 4 members (excludes halogenated alkanes) is 4. The molecule has 12 heteroatoms. The minimum Gasteiger partial charge on any atom is -0.434 e. The van der Waals surface area contributed by atoms with Gasteiger partial charge in [-0.1, -0.05) is 100 Å². The number of rotatable bonds is 16. The van der Waals surface area contributed by atoms with E-state index in [1.54, 1.807) is 24.3 Å². The average Bonchev–Trinajstić information content (AvgIpc) is 3.17. The molecule has 0 heterocycles. The Morgan fingerprint density at radius 2 is 0.750 bits per heavy atom. The van der Waals surface area contributed by atoms with Crippen molar-refractivity contribution in [3.63, 3.8) is 0 Å². The van der Waals surface area contributed by atoms with Crippen LogP contribution in [0.2, 0.25) is 0 Å². The smallest absolute Gasteiger partial charge is 0.434 e. The summed E-state index contributed by atoms with van der Waals surface area (Å²) in [5, 5.41) is 0. The lowest BCUT2D eigenvalue weighted by atomic mass is 9.97. The van der Waals surface area contributed by atoms with Gasteiger partial charge in [-0.3, -0.25) is 9.59 Å². The highest BCUT2D eigenvalue weighted by atomic mass is 17.2. The molecule has 270 valence electrons. The van der Waals surface area contributed by atoms with Crippen molar-refractivity contribution in [3.05, 3.63) is 130 Å². The van der Waals surface area contributed by atoms with Crippen molar-refractivity contribution in [2.24, 2.45) is 0 Å². The van der Waals surface area contributed by atoms with Crippen LogP contribution in [0.15, 0.2) is 97.1 Å². The molecule has 0 fully saturated rings. The van der Waals surface area contributed by atoms with E-state index in [4.69, 9.17) is 28.7 Å². The van der Waals surface area contributed by atoms with Crippen molar-refractivity contribution < 1.29 is 57.5 Å². The van der Waals surface area contributed by atoms with E-state index in [9.17, 15) is 28.8 Å². The summed E-state index contributed by atoms with van der Waals surface area (Å²) in [7, 11) is 0. The molecule has 0 aromatic heterocycles. The highest BCUT2D eigenvalue weighted by Crippen LogP contribution is 2.26. The van der Waals surface area contributed by atoms with E-state index in [1.807, 2.05) is 13.8 Å². The van der Waals surface area contributed by atoms with Gasteiger partial charge in [0, 0.05) is 11.1 Å². The molecule has 0 radical (unpaired) electrons. The number of carbonyl (C=O) groups is 6. The van der Waals surface area contributed by atoms with Gasteiger partial charge in [0.15, 0.2) is 11.6 Å². The van der Waals surface area contributed by atoms with E-state index in [-0.39, 0.29) is 58.1 Å². The van der Waals surface area contributed by atoms with E-state index in [0.29, 0.717) is 12.8 Å². The second kappa shape index (κ2) is 19.8. The van der Waals surface area contributed by atoms with Gasteiger partial charge in [0.1, 0.15) is 11.5 Å². The topological polar surface area (TPSA) is 158 Å². The van der Waals surface area contributed by atoms with Crippen molar-refractivity contribution in [1.82, 2.24) is 0 Å². The zero-order valence-corrected chi connectivity index (χ0v) is 28.8. The summed E-state index contributed by atoms with van der Waals surface area (Å²) in [6.07, 6.45) is 2.98. The average molecular weight is 711 g/mol. The molecule has 4 rings (SSSR count). The van der Waals surface area contributed by atoms with Crippen LogP contribution in [-0.2, 0) is 19.2 Å². The first-order chi connectivity index (χ1) is 25.2. The van der Waals surface area contributed by atoms with Crippen LogP contribution in [0.3, 0.4) is 0 Å². The Balaban J connectivity index is 1.47. The summed E-state index contributed by atoms with van der Waals surface area (Å²) in [5.41, 5.74) is -0.846. The van der Waals surface area contributed by atoms with Crippen molar-refractivity contribution >= 4 is 35.8 Å². The number of para-hydroxylation sites is 2. The van der Waals surface area contributed by atoms with E-state index in [0.717, 1.165) is 25.7 Å². The van der Waals surface area contributed by atoms with Gasteiger partial charge in [-0.15, -0.1) is 0 Å². The number of hydrogen-bond donors (Lipinski definition) is 0. The molecular weight excluding hydrogens is 672 g/mol. The van der Waals surface area contributed by atoms with Gasteiger partial charge >= 0.3 is 24.2 Å². The normalized spacial score (nSPS) is 10.4. The summed E-state index contributed by atoms with van der Waals surface area (Å²) in [6.45, 7) is 4.34. The van der Waals surface area contributed by atoms with Crippen LogP contribution in [0.1, 0.15) is 105 Å². The molecule has 0 saturated carbocycles. The lowest BCUT2D eigenvalue weighted by Gasteiger charge is -2.12. The number of hydrogen-bond acceptors (Lipinski definition) is 12. The van der Waals surface area contributed by atoms with E-state index >= 15 is 0 Å². The second-order valence-corrected chi connectivity index (χ2v) is 11.3. The van der Waals surface area contributed by atoms with Gasteiger partial charge in [0.2, 0.25) is 0 Å². The quantitative estimate of drug-likeness (QED) is 0.0273. The molecular formula is C40H38O12. The molecule has 0 aliphatic heterocycles. The number of benzene rings is 4. The Morgan fingerprint density at radius 3 is 1.12 bits per heavy atom. The Bertz CT molecular complexity index is 1760. The van der Waals surface area contributed by atoms with Crippen LogP contribution in [-0.4, -0.2) is 49.0 Å². The highest BCUT2D eigenvalue weighted by molar-refractivity contribution is 6.17. The molecule has 0 spiro atoms. The molecule has 0 atom stereocenters. The Morgan fingerprint density at radius 1 is 0.423 bits per heavy atom. The summed E-state index contributed by atoms with van der Waals surface area (Å²) in [5.74, 6) is -3.92. The predicted octanol–water partition coefficient (Wildman–Crippen LogP) is 8.49. The van der Waals surface area contributed by atoms with Gasteiger partial charge in [-0.05, 0) is 49.2 Å². The first-order valence-electron chi connectivity index (χ1n) is 16.8. The lowest BCUT2D eigenvalue weighted by Crippen LogP contribution is -2.18. The Labute approximate surface area is 300 Å². The van der Waals surface area contributed by atoms with Crippen molar-refractivity contribution in [3.8, 4) is 11.5 Å². The first-order valence-corrected chi connectivity index (χ1v) is 16.8. The Kier molecular flexibility index (Phi) is 14.6. The largest absolute Gasteiger partial charge is 0.513 e. The minimum absolute atomic E-state index is 0.0355. The third kappa shape index (κ3) is 10.6. The van der Waals surface area contributed by atoms with E-state index in [1.165, 1.54) is 72.8 Å². The predicted molar refractivity (Wildman–Crippen MR) is 186 cm³/mol. The molecule has 0 bridgehead atoms. The zero-order valence-electron chi connectivity index (χ0n) is 28.8. The van der Waals surface area contributed by atoms with Crippen LogP contribution in [0.25, 0.3) is 0 Å². The van der Waals surface area contributed by atoms with Crippen LogP contribution in [0.5, 0.6) is 11.5 Å². The van der Waals surface area contributed by atoms with Crippen molar-refractivity contribution in [2.75, 3.05) is 13.2 Å². The SMILES string of the molecule is CCCCCOC(=O)Oc1ccccc1C(=O)c1ccccc1C(=O)OOC(=O)c1ccccc1C(=O)c1ccccc1OC(=O)OCCCCC. The maximum Gasteiger partial charge on any atom is 0.513 e. The van der Waals surface area contributed by atoms with Crippen molar-refractivity contribution in [2.45, 2.75) is 52.4 Å². The summed E-state index contributed by atoms with van der Waals surface area (Å²) in [6, 6.07) is 23.1. The molecule has 0 aliphatic rings. The van der Waals surface area contributed by atoms with Gasteiger partial charge in [0.05, 0.1) is 35.5 Å². The molecule has 0 amide bonds. The van der Waals surface area contributed by atoms with Crippen molar-refractivity contribution in [1.29, 1.82) is 0 Å². The van der Waals surface area contributed by atoms with E-state index in [2.05, 4.69) is 0 Å². The van der Waals surface area contributed by atoms with Crippen LogP contribution < -0.4 is 9.47 Å². The molecule has 0 unspecified atom stereocenters. The molecule has 0 N–H and O–H groups in total. The zero-order chi connectivity index (χ0) is 37.3. The fraction of sp³-hybridized carbons (Fsp3) is 0.250. The monoisotopic (exact) mass is 710 g/mol. The molecule has 4 aromatic carbocycles. The van der Waals surface area contributed by atoms with Crippen LogP contribution in [0, 0.1) is 0 Å². The van der Waals surface area contributed by atoms with Crippen LogP contribution in [0.4, 0.5) is 9.59 Å². The van der Waals surface area contributed by atoms with Gasteiger partial charge in [-0.2, -0.15) is 0 Å². The molecule has 0 aliphatic carbocycles. The molecule has 4 aromatic rings. The summed E-state index contributed by atoms with van der Waals surface area (Å²) < 4.78 is 20.7. The maximum atomic E-state index is 13.6. The van der Waals surface area contributed by atoms with Gasteiger partial charge in [0.25, 0.3) is 0 Å². The first kappa shape index (κ1) is 38.5. The fourth-order valence-electron chi connectivity index (χ4n) is 4.91. The van der Waals surface area contributed by atoms with Crippen LogP contribution >= 0.6 is 0 Å². The summed E-state index contributed by atoms with van der Waals surface area (Å²) in [4.78, 5) is 87.9. The second-order valence-electron chi connectivity index (χ2n) is 11.3. The number of ketones is 2. The highest BCUT2D eigenvalue weighted by Gasteiger charge is 2.27. The third-order valence-electron chi connectivity index (χ3n) is 7.56. The van der Waals surface area contributed by atoms with Gasteiger partial charge in [-0.25, -0.2) is 29.0 Å². The molecule has 12 nitrogen and oxygen atoms in total. The number of ether oxygens (including phenoxy) is 4. The molecule has 52 heavy (non-hydrogen) atoms. The fourth-order valence-corrected chi connectivity index (χ4v) is 4.91. The van der Waals surface area contributed by atoms with Gasteiger partial charge < -0.3 is 18.9 Å². The lowest BCUT2D eigenvalue weighted by molar-refractivity contribution is -0.187. The molecule has 0 saturated heterocycles. The third-order valence-corrected chi connectivity index (χ3v) is 7.56. The number of carbonyl (C=O) groups excluding carboxylic acids is 6.